The second-order valence-electron chi connectivity index (χ2n) is 2.75. The van der Waals surface area contributed by atoms with Crippen LogP contribution in [-0.4, -0.2) is 20.7 Å². The Morgan fingerprint density at radius 3 is 2.94 bits per heavy atom. The van der Waals surface area contributed by atoms with E-state index in [0.717, 1.165) is 16.0 Å². The number of aromatic nitrogens is 3. The first kappa shape index (κ1) is 11.4. The molecule has 1 amide bonds. The molecule has 8 heteroatoms. The van der Waals surface area contributed by atoms with Gasteiger partial charge in [0.25, 0.3) is 5.91 Å². The van der Waals surface area contributed by atoms with E-state index in [1.165, 1.54) is 0 Å². The highest BCUT2D eigenvalue weighted by atomic mass is 79.9. The maximum atomic E-state index is 11.7. The molecule has 0 saturated carbocycles. The van der Waals surface area contributed by atoms with Gasteiger partial charge in [-0.3, -0.25) is 10.1 Å². The zero-order valence-electron chi connectivity index (χ0n) is 7.65. The molecule has 0 fully saturated rings. The summed E-state index contributed by atoms with van der Waals surface area (Å²) < 4.78 is 4.27. The number of carbonyl (C=O) groups is 1. The molecule has 1 heterocycles. The van der Waals surface area contributed by atoms with Gasteiger partial charge in [-0.05, 0) is 39.3 Å². The highest BCUT2D eigenvalue weighted by Gasteiger charge is 2.09. The fourth-order valence-electron chi connectivity index (χ4n) is 0.989. The molecule has 1 aromatic carbocycles. The van der Waals surface area contributed by atoms with Crippen molar-refractivity contribution in [1.82, 2.24) is 14.8 Å². The Labute approximate surface area is 108 Å². The van der Waals surface area contributed by atoms with Crippen molar-refractivity contribution in [2.45, 2.75) is 0 Å². The fourth-order valence-corrected chi connectivity index (χ4v) is 1.78. The average molecular weight is 320 g/mol. The quantitative estimate of drug-likeness (QED) is 0.924. The summed E-state index contributed by atoms with van der Waals surface area (Å²) in [6.07, 6.45) is 0. The van der Waals surface area contributed by atoms with Crippen molar-refractivity contribution in [2.24, 2.45) is 0 Å². The van der Waals surface area contributed by atoms with Crippen LogP contribution < -0.4 is 5.32 Å². The molecule has 0 atom stereocenters. The van der Waals surface area contributed by atoms with Gasteiger partial charge >= 0.3 is 0 Å². The van der Waals surface area contributed by atoms with Crippen LogP contribution in [-0.2, 0) is 0 Å². The molecule has 0 saturated heterocycles. The molecule has 0 bridgehead atoms. The summed E-state index contributed by atoms with van der Waals surface area (Å²) in [4.78, 5) is 11.7. The van der Waals surface area contributed by atoms with Gasteiger partial charge in [0, 0.05) is 21.6 Å². The minimum atomic E-state index is -0.298. The molecule has 2 rings (SSSR count). The molecule has 0 unspecified atom stereocenters. The number of rotatable bonds is 2. The number of nitrogens with zero attached hydrogens (tertiary/aromatic N) is 3. The molecule has 0 aliphatic rings. The van der Waals surface area contributed by atoms with Crippen LogP contribution in [0.5, 0.6) is 0 Å². The van der Waals surface area contributed by atoms with Crippen LogP contribution in [0.15, 0.2) is 22.7 Å². The summed E-state index contributed by atoms with van der Waals surface area (Å²) in [5, 5.41) is 10.4. The lowest BCUT2D eigenvalue weighted by atomic mass is 10.2. The van der Waals surface area contributed by atoms with Crippen molar-refractivity contribution < 1.29 is 4.79 Å². The molecule has 16 heavy (non-hydrogen) atoms. The van der Waals surface area contributed by atoms with E-state index in [4.69, 9.17) is 11.6 Å². The number of hydrogen-bond donors (Lipinski definition) is 1. The van der Waals surface area contributed by atoms with Crippen molar-refractivity contribution in [3.63, 3.8) is 0 Å². The van der Waals surface area contributed by atoms with Gasteiger partial charge < -0.3 is 0 Å². The Kier molecular flexibility index (Phi) is 3.47. The molecule has 82 valence electrons. The van der Waals surface area contributed by atoms with Crippen LogP contribution in [0.25, 0.3) is 0 Å². The molecule has 1 N–H and O–H groups in total. The number of halogens is 2. The average Bonchev–Trinajstić information content (AvgIpc) is 2.74. The predicted octanol–water partition coefficient (Wildman–Crippen LogP) is 2.60. The summed E-state index contributed by atoms with van der Waals surface area (Å²) in [6, 6.07) is 4.92. The lowest BCUT2D eigenvalue weighted by molar-refractivity contribution is 0.102. The monoisotopic (exact) mass is 318 g/mol. The summed E-state index contributed by atoms with van der Waals surface area (Å²) in [7, 11) is 0. The molecular weight excluding hydrogens is 316 g/mol. The lowest BCUT2D eigenvalue weighted by Gasteiger charge is -2.02. The highest BCUT2D eigenvalue weighted by molar-refractivity contribution is 9.10. The number of benzene rings is 1. The van der Waals surface area contributed by atoms with E-state index >= 15 is 0 Å². The van der Waals surface area contributed by atoms with Gasteiger partial charge in [-0.15, -0.1) is 0 Å². The first-order valence-corrected chi connectivity index (χ1v) is 6.02. The SMILES string of the molecule is O=C(Nc1nnns1)c1ccc(Br)c(Cl)c1. The fraction of sp³-hybridized carbons (Fsp3) is 0. The van der Waals surface area contributed by atoms with E-state index in [-0.39, 0.29) is 5.91 Å². The maximum absolute atomic E-state index is 11.7. The third kappa shape index (κ3) is 2.55. The van der Waals surface area contributed by atoms with Crippen LogP contribution >= 0.6 is 39.1 Å². The molecule has 0 aliphatic heterocycles. The first-order chi connectivity index (χ1) is 7.66. The molecule has 0 aliphatic carbocycles. The van der Waals surface area contributed by atoms with E-state index in [1.54, 1.807) is 18.2 Å². The van der Waals surface area contributed by atoms with Gasteiger partial charge in [-0.25, -0.2) is 0 Å². The van der Waals surface area contributed by atoms with Gasteiger partial charge in [-0.1, -0.05) is 21.2 Å². The zero-order chi connectivity index (χ0) is 11.5. The third-order valence-electron chi connectivity index (χ3n) is 1.70. The highest BCUT2D eigenvalue weighted by Crippen LogP contribution is 2.23. The Balaban J connectivity index is 2.18. The van der Waals surface area contributed by atoms with Crippen LogP contribution in [0, 0.1) is 0 Å². The zero-order valence-corrected chi connectivity index (χ0v) is 10.8. The van der Waals surface area contributed by atoms with Gasteiger partial charge in [0.1, 0.15) is 0 Å². The second-order valence-corrected chi connectivity index (χ2v) is 4.74. The summed E-state index contributed by atoms with van der Waals surface area (Å²) >= 11 is 10.1. The number of carbonyl (C=O) groups excluding carboxylic acids is 1. The van der Waals surface area contributed by atoms with Crippen LogP contribution in [0.4, 0.5) is 5.13 Å². The standard InChI is InChI=1S/C8H4BrClN4OS/c9-5-2-1-4(3-6(5)10)7(15)11-8-12-13-14-16-8/h1-3H,(H,11,12,14,15). The summed E-state index contributed by atoms with van der Waals surface area (Å²) in [5.41, 5.74) is 0.448. The molecule has 0 radical (unpaired) electrons. The van der Waals surface area contributed by atoms with E-state index in [9.17, 15) is 4.79 Å². The van der Waals surface area contributed by atoms with Crippen molar-refractivity contribution >= 4 is 50.1 Å². The third-order valence-corrected chi connectivity index (χ3v) is 3.45. The van der Waals surface area contributed by atoms with Gasteiger partial charge in [0.15, 0.2) is 0 Å². The minimum Gasteiger partial charge on any atom is -0.295 e. The van der Waals surface area contributed by atoms with Gasteiger partial charge in [0.2, 0.25) is 5.13 Å². The molecule has 1 aromatic heterocycles. The summed E-state index contributed by atoms with van der Waals surface area (Å²) in [6.45, 7) is 0. The summed E-state index contributed by atoms with van der Waals surface area (Å²) in [5.74, 6) is -0.298. The molecule has 2 aromatic rings. The molecule has 5 nitrogen and oxygen atoms in total. The number of anilines is 1. The van der Waals surface area contributed by atoms with Crippen molar-refractivity contribution in [1.29, 1.82) is 0 Å². The van der Waals surface area contributed by atoms with Crippen molar-refractivity contribution in [3.05, 3.63) is 33.3 Å². The number of nitrogens with one attached hydrogen (secondary N) is 1. The predicted molar refractivity (Wildman–Crippen MR) is 64.8 cm³/mol. The van der Waals surface area contributed by atoms with Crippen LogP contribution in [0.3, 0.4) is 0 Å². The largest absolute Gasteiger partial charge is 0.295 e. The maximum Gasteiger partial charge on any atom is 0.257 e. The van der Waals surface area contributed by atoms with E-state index in [0.29, 0.717) is 15.7 Å². The Bertz CT molecular complexity index is 519. The van der Waals surface area contributed by atoms with Crippen molar-refractivity contribution in [3.8, 4) is 0 Å². The molecule has 0 spiro atoms. The molecular formula is C8H4BrClN4OS. The van der Waals surface area contributed by atoms with Crippen molar-refractivity contribution in [2.75, 3.05) is 5.32 Å². The lowest BCUT2D eigenvalue weighted by Crippen LogP contribution is -2.11. The smallest absolute Gasteiger partial charge is 0.257 e. The Hall–Kier alpha value is -1.05. The van der Waals surface area contributed by atoms with E-state index in [2.05, 4.69) is 36.0 Å². The van der Waals surface area contributed by atoms with Crippen LogP contribution in [0.1, 0.15) is 10.4 Å². The van der Waals surface area contributed by atoms with Crippen LogP contribution in [0.2, 0.25) is 5.02 Å². The minimum absolute atomic E-state index is 0.298. The van der Waals surface area contributed by atoms with Gasteiger partial charge in [-0.2, -0.15) is 0 Å². The first-order valence-electron chi connectivity index (χ1n) is 4.08. The Morgan fingerprint density at radius 1 is 1.50 bits per heavy atom. The Morgan fingerprint density at radius 2 is 2.31 bits per heavy atom. The number of hydrogen-bond acceptors (Lipinski definition) is 5. The number of amides is 1. The van der Waals surface area contributed by atoms with E-state index < -0.39 is 0 Å². The van der Waals surface area contributed by atoms with Gasteiger partial charge in [0.05, 0.1) is 5.02 Å². The topological polar surface area (TPSA) is 67.8 Å². The normalized spacial score (nSPS) is 10.1. The van der Waals surface area contributed by atoms with E-state index in [1.807, 2.05) is 0 Å². The second kappa shape index (κ2) is 4.86.